The van der Waals surface area contributed by atoms with E-state index in [4.69, 9.17) is 5.10 Å². The topological polar surface area (TPSA) is 87.5 Å². The molecule has 1 amide bonds. The summed E-state index contributed by atoms with van der Waals surface area (Å²) in [5.74, 6) is -0.742. The molecule has 0 spiro atoms. The first kappa shape index (κ1) is 20.1. The maximum Gasteiger partial charge on any atom is 0.308 e. The van der Waals surface area contributed by atoms with Crippen molar-refractivity contribution in [2.75, 3.05) is 25.0 Å². The van der Waals surface area contributed by atoms with E-state index in [0.29, 0.717) is 18.9 Å². The molecule has 0 unspecified atom stereocenters. The van der Waals surface area contributed by atoms with E-state index in [1.54, 1.807) is 4.68 Å². The van der Waals surface area contributed by atoms with E-state index in [1.165, 1.54) is 0 Å². The molecule has 1 aliphatic rings. The number of nitrogens with zero attached hydrogens (tertiary/aromatic N) is 3. The van der Waals surface area contributed by atoms with Gasteiger partial charge in [-0.25, -0.2) is 4.68 Å². The molecule has 1 aliphatic heterocycles. The molecule has 1 aromatic carbocycles. The van der Waals surface area contributed by atoms with Gasteiger partial charge in [-0.15, -0.1) is 0 Å². The molecule has 1 saturated heterocycles. The number of rotatable bonds is 5. The number of benzene rings is 1. The molecule has 7 heteroatoms. The lowest BCUT2D eigenvalue weighted by molar-refractivity contribution is -0.142. The summed E-state index contributed by atoms with van der Waals surface area (Å²) in [6.07, 6.45) is 0. The number of nitrogens with one attached hydrogen (secondary N) is 1. The molecule has 2 aromatic rings. The second kappa shape index (κ2) is 7.75. The van der Waals surface area contributed by atoms with E-state index in [1.807, 2.05) is 48.2 Å². The summed E-state index contributed by atoms with van der Waals surface area (Å²) in [5, 5.41) is 16.9. The van der Waals surface area contributed by atoms with E-state index in [2.05, 4.69) is 26.1 Å². The van der Waals surface area contributed by atoms with Gasteiger partial charge in [0.2, 0.25) is 5.91 Å². The number of likely N-dealkylation sites (tertiary alicyclic amines) is 1. The Hall–Kier alpha value is -2.67. The summed E-state index contributed by atoms with van der Waals surface area (Å²) in [4.78, 5) is 25.8. The lowest BCUT2D eigenvalue weighted by Gasteiger charge is -2.15. The van der Waals surface area contributed by atoms with Crippen LogP contribution in [0.3, 0.4) is 0 Å². The Morgan fingerprint density at radius 3 is 2.46 bits per heavy atom. The zero-order chi connectivity index (χ0) is 20.5. The van der Waals surface area contributed by atoms with Crippen molar-refractivity contribution < 1.29 is 14.7 Å². The Labute approximate surface area is 165 Å². The Bertz CT molecular complexity index is 854. The van der Waals surface area contributed by atoms with Crippen LogP contribution in [0.2, 0.25) is 0 Å². The molecule has 0 radical (unpaired) electrons. The van der Waals surface area contributed by atoms with Crippen LogP contribution in [0.4, 0.5) is 5.82 Å². The van der Waals surface area contributed by atoms with Gasteiger partial charge in [0.25, 0.3) is 0 Å². The summed E-state index contributed by atoms with van der Waals surface area (Å²) in [5.41, 5.74) is 1.60. The van der Waals surface area contributed by atoms with Gasteiger partial charge < -0.3 is 10.4 Å². The van der Waals surface area contributed by atoms with Crippen LogP contribution in [0.1, 0.15) is 33.4 Å². The maximum atomic E-state index is 12.7. The van der Waals surface area contributed by atoms with Crippen LogP contribution in [-0.4, -0.2) is 51.3 Å². The number of para-hydroxylation sites is 1. The highest BCUT2D eigenvalue weighted by atomic mass is 16.4. The summed E-state index contributed by atoms with van der Waals surface area (Å²) in [6, 6.07) is 11.6. The van der Waals surface area contributed by atoms with E-state index in [-0.39, 0.29) is 23.8 Å². The van der Waals surface area contributed by atoms with E-state index < -0.39 is 11.9 Å². The molecular formula is C21H28N4O3. The van der Waals surface area contributed by atoms with Crippen LogP contribution in [0.5, 0.6) is 0 Å². The fraction of sp³-hybridized carbons (Fsp3) is 0.476. The first-order chi connectivity index (χ1) is 13.1. The van der Waals surface area contributed by atoms with Crippen molar-refractivity contribution >= 4 is 17.7 Å². The molecule has 28 heavy (non-hydrogen) atoms. The molecule has 0 bridgehead atoms. The van der Waals surface area contributed by atoms with Gasteiger partial charge >= 0.3 is 5.97 Å². The number of anilines is 1. The molecule has 1 aromatic heterocycles. The van der Waals surface area contributed by atoms with Gasteiger partial charge in [-0.2, -0.15) is 5.10 Å². The van der Waals surface area contributed by atoms with Crippen LogP contribution in [0.15, 0.2) is 36.4 Å². The van der Waals surface area contributed by atoms with Crippen molar-refractivity contribution in [1.82, 2.24) is 14.7 Å². The molecule has 1 fully saturated rings. The van der Waals surface area contributed by atoms with Crippen LogP contribution < -0.4 is 5.32 Å². The molecule has 2 N–H and O–H groups in total. The fourth-order valence-corrected chi connectivity index (χ4v) is 3.51. The molecule has 2 heterocycles. The number of carboxylic acid groups (broad SMARTS) is 1. The van der Waals surface area contributed by atoms with Crippen LogP contribution >= 0.6 is 0 Å². The zero-order valence-corrected chi connectivity index (χ0v) is 16.8. The molecule has 2 atom stereocenters. The molecular weight excluding hydrogens is 356 g/mol. The van der Waals surface area contributed by atoms with Gasteiger partial charge in [0.05, 0.1) is 23.8 Å². The van der Waals surface area contributed by atoms with Gasteiger partial charge in [0.1, 0.15) is 5.82 Å². The van der Waals surface area contributed by atoms with Crippen molar-refractivity contribution in [2.24, 2.45) is 11.8 Å². The number of aromatic nitrogens is 2. The highest BCUT2D eigenvalue weighted by molar-refractivity contribution is 5.92. The SMILES string of the molecule is C[C@@H]1CN(CC(=O)Nc2cc(C(C)(C)C)nn2-c2ccccc2)C[C@H]1C(=O)O. The molecule has 150 valence electrons. The third-order valence-electron chi connectivity index (χ3n) is 5.12. The van der Waals surface area contributed by atoms with Gasteiger partial charge in [-0.3, -0.25) is 14.5 Å². The third-order valence-corrected chi connectivity index (χ3v) is 5.12. The predicted octanol–water partition coefficient (Wildman–Crippen LogP) is 2.76. The molecule has 0 saturated carbocycles. The average molecular weight is 384 g/mol. The van der Waals surface area contributed by atoms with Crippen molar-refractivity contribution in [3.63, 3.8) is 0 Å². The van der Waals surface area contributed by atoms with Gasteiger partial charge in [-0.05, 0) is 18.1 Å². The molecule has 3 rings (SSSR count). The highest BCUT2D eigenvalue weighted by Gasteiger charge is 2.35. The van der Waals surface area contributed by atoms with Gasteiger partial charge in [0, 0.05) is 24.6 Å². The quantitative estimate of drug-likeness (QED) is 0.828. The summed E-state index contributed by atoms with van der Waals surface area (Å²) in [7, 11) is 0. The van der Waals surface area contributed by atoms with E-state index in [9.17, 15) is 14.7 Å². The minimum Gasteiger partial charge on any atom is -0.481 e. The number of carboxylic acids is 1. The van der Waals surface area contributed by atoms with E-state index >= 15 is 0 Å². The third kappa shape index (κ3) is 4.42. The first-order valence-corrected chi connectivity index (χ1v) is 9.56. The summed E-state index contributed by atoms with van der Waals surface area (Å²) in [6.45, 7) is 9.32. The number of carbonyl (C=O) groups excluding carboxylic acids is 1. The largest absolute Gasteiger partial charge is 0.481 e. The number of hydrogen-bond acceptors (Lipinski definition) is 4. The van der Waals surface area contributed by atoms with Crippen LogP contribution in [0.25, 0.3) is 5.69 Å². The second-order valence-corrected chi connectivity index (χ2v) is 8.58. The minimum absolute atomic E-state index is 0.0349. The smallest absolute Gasteiger partial charge is 0.308 e. The standard InChI is InChI=1S/C21H28N4O3/c1-14-11-24(12-16(14)20(27)28)13-19(26)22-18-10-17(21(2,3)4)23-25(18)15-8-6-5-7-9-15/h5-10,14,16H,11-13H2,1-4H3,(H,22,26)(H,27,28)/t14-,16-/m1/s1. The summed E-state index contributed by atoms with van der Waals surface area (Å²) < 4.78 is 1.74. The Balaban J connectivity index is 1.77. The fourth-order valence-electron chi connectivity index (χ4n) is 3.51. The average Bonchev–Trinajstić information content (AvgIpc) is 3.19. The van der Waals surface area contributed by atoms with Gasteiger partial charge in [-0.1, -0.05) is 45.9 Å². The minimum atomic E-state index is -0.799. The first-order valence-electron chi connectivity index (χ1n) is 9.56. The number of aliphatic carboxylic acids is 1. The number of carbonyl (C=O) groups is 2. The van der Waals surface area contributed by atoms with Gasteiger partial charge in [0.15, 0.2) is 0 Å². The van der Waals surface area contributed by atoms with E-state index in [0.717, 1.165) is 11.4 Å². The highest BCUT2D eigenvalue weighted by Crippen LogP contribution is 2.27. The monoisotopic (exact) mass is 384 g/mol. The Morgan fingerprint density at radius 2 is 1.89 bits per heavy atom. The van der Waals surface area contributed by atoms with Crippen molar-refractivity contribution in [2.45, 2.75) is 33.1 Å². The summed E-state index contributed by atoms with van der Waals surface area (Å²) >= 11 is 0. The lowest BCUT2D eigenvalue weighted by Crippen LogP contribution is -2.32. The number of hydrogen-bond donors (Lipinski definition) is 2. The zero-order valence-electron chi connectivity index (χ0n) is 16.8. The second-order valence-electron chi connectivity index (χ2n) is 8.58. The predicted molar refractivity (Wildman–Crippen MR) is 108 cm³/mol. The lowest BCUT2D eigenvalue weighted by atomic mass is 9.92. The number of amides is 1. The van der Waals surface area contributed by atoms with Crippen molar-refractivity contribution in [3.8, 4) is 5.69 Å². The Morgan fingerprint density at radius 1 is 1.21 bits per heavy atom. The normalized spacial score (nSPS) is 20.3. The molecule has 7 nitrogen and oxygen atoms in total. The van der Waals surface area contributed by atoms with Crippen LogP contribution in [-0.2, 0) is 15.0 Å². The maximum absolute atomic E-state index is 12.7. The van der Waals surface area contributed by atoms with Crippen LogP contribution in [0, 0.1) is 11.8 Å². The van der Waals surface area contributed by atoms with Crippen molar-refractivity contribution in [1.29, 1.82) is 0 Å². The van der Waals surface area contributed by atoms with Crippen molar-refractivity contribution in [3.05, 3.63) is 42.1 Å². The molecule has 0 aliphatic carbocycles. The Kier molecular flexibility index (Phi) is 5.56.